The monoisotopic (exact) mass is 627 g/mol. The predicted molar refractivity (Wildman–Crippen MR) is 157 cm³/mol. The minimum Gasteiger partial charge on any atom is -0.493 e. The van der Waals surface area contributed by atoms with Crippen molar-refractivity contribution in [3.05, 3.63) is 81.9 Å². The molecule has 45 heavy (non-hydrogen) atoms. The molecule has 0 bridgehead atoms. The first-order valence-corrected chi connectivity index (χ1v) is 14.4. The molecule has 8 nitrogen and oxygen atoms in total. The number of allylic oxidation sites excluding steroid dienone is 1. The normalized spacial score (nSPS) is 19.9. The van der Waals surface area contributed by atoms with Gasteiger partial charge in [0.15, 0.2) is 11.6 Å². The number of aryl methyl sites for hydroxylation is 1. The van der Waals surface area contributed by atoms with Crippen LogP contribution in [0.3, 0.4) is 0 Å². The number of carboxylic acids is 1. The number of hydrogen-bond donors (Lipinski definition) is 1. The van der Waals surface area contributed by atoms with Gasteiger partial charge in [-0.25, -0.2) is 23.9 Å². The number of nitrogens with zero attached hydrogens (tertiary/aromatic N) is 3. The van der Waals surface area contributed by atoms with Crippen LogP contribution in [0.25, 0.3) is 17.0 Å². The van der Waals surface area contributed by atoms with Crippen molar-refractivity contribution in [2.45, 2.75) is 65.3 Å². The van der Waals surface area contributed by atoms with Gasteiger partial charge in [0.05, 0.1) is 36.0 Å². The Kier molecular flexibility index (Phi) is 8.37. The summed E-state index contributed by atoms with van der Waals surface area (Å²) < 4.78 is 66.9. The van der Waals surface area contributed by atoms with Crippen molar-refractivity contribution in [1.29, 1.82) is 0 Å². The molecule has 2 atom stereocenters. The Morgan fingerprint density at radius 1 is 1.20 bits per heavy atom. The summed E-state index contributed by atoms with van der Waals surface area (Å²) in [5, 5.41) is 9.21. The molecule has 12 heteroatoms. The summed E-state index contributed by atoms with van der Waals surface area (Å²) in [6.45, 7) is 7.65. The number of alkyl halides is 3. The summed E-state index contributed by atoms with van der Waals surface area (Å²) in [5.74, 6) is -1.69. The quantitative estimate of drug-likeness (QED) is 0.266. The molecule has 3 aromatic rings. The van der Waals surface area contributed by atoms with Gasteiger partial charge in [0.1, 0.15) is 17.6 Å². The van der Waals surface area contributed by atoms with Crippen LogP contribution in [0.5, 0.6) is 5.75 Å². The Bertz CT molecular complexity index is 1700. The van der Waals surface area contributed by atoms with Gasteiger partial charge < -0.3 is 14.6 Å². The molecule has 1 aliphatic heterocycles. The van der Waals surface area contributed by atoms with Crippen molar-refractivity contribution in [1.82, 2.24) is 14.9 Å². The number of hydrogen-bond acceptors (Lipinski definition) is 6. The third kappa shape index (κ3) is 6.50. The first-order chi connectivity index (χ1) is 21.1. The summed E-state index contributed by atoms with van der Waals surface area (Å²) in [5.41, 5.74) is 1.59. The molecule has 1 aromatic heterocycles. The van der Waals surface area contributed by atoms with E-state index in [9.17, 15) is 32.3 Å². The highest BCUT2D eigenvalue weighted by atomic mass is 19.4. The van der Waals surface area contributed by atoms with Crippen LogP contribution in [-0.4, -0.2) is 51.7 Å². The third-order valence-electron chi connectivity index (χ3n) is 8.40. The molecule has 5 rings (SSSR count). The van der Waals surface area contributed by atoms with Crippen molar-refractivity contribution in [3.8, 4) is 17.1 Å². The molecule has 0 radical (unpaired) electrons. The molecule has 1 saturated heterocycles. The van der Waals surface area contributed by atoms with Gasteiger partial charge in [-0.2, -0.15) is 13.2 Å². The number of carboxylic acid groups (broad SMARTS) is 1. The van der Waals surface area contributed by atoms with E-state index in [2.05, 4.69) is 23.8 Å². The van der Waals surface area contributed by atoms with Crippen LogP contribution < -0.4 is 4.74 Å². The molecule has 0 saturated carbocycles. The Balaban J connectivity index is 1.54. The molecular weight excluding hydrogens is 594 g/mol. The van der Waals surface area contributed by atoms with E-state index in [1.54, 1.807) is 19.9 Å². The van der Waals surface area contributed by atoms with E-state index in [0.29, 0.717) is 29.8 Å². The zero-order valence-electron chi connectivity index (χ0n) is 25.5. The van der Waals surface area contributed by atoms with Crippen molar-refractivity contribution >= 4 is 17.6 Å². The standard InChI is InChI=1S/C33H33F4N3O5/c1-17-10-20(12-22(11-17)33(35,36)37)28-18(2)40(31(43)45-28)16-21-14-32(3,4)9-8-23(21)27-26(44-5)15-38-29(39-27)24-7-6-19(30(41)42)13-25(24)34/h6-7,10-13,15,18,28H,8-9,14,16H2,1-5H3,(H,41,42)/t18-,28-/m0/s1. The number of methoxy groups -OCH3 is 1. The highest BCUT2D eigenvalue weighted by molar-refractivity contribution is 5.88. The zero-order chi connectivity index (χ0) is 32.8. The molecule has 1 N–H and O–H groups in total. The molecule has 238 valence electrons. The van der Waals surface area contributed by atoms with Crippen LogP contribution in [0, 0.1) is 18.2 Å². The fraction of sp³-hybridized carbons (Fsp3) is 0.394. The minimum atomic E-state index is -4.55. The number of carbonyl (C=O) groups excluding carboxylic acids is 1. The Hall–Kier alpha value is -4.48. The van der Waals surface area contributed by atoms with Crippen LogP contribution in [0.4, 0.5) is 22.4 Å². The van der Waals surface area contributed by atoms with E-state index in [1.807, 2.05) is 0 Å². The van der Waals surface area contributed by atoms with Crippen LogP contribution >= 0.6 is 0 Å². The average molecular weight is 628 g/mol. The minimum absolute atomic E-state index is 0.0122. The first-order valence-electron chi connectivity index (χ1n) is 14.4. The smallest absolute Gasteiger partial charge is 0.416 e. The molecule has 1 aliphatic carbocycles. The van der Waals surface area contributed by atoms with E-state index >= 15 is 0 Å². The topological polar surface area (TPSA) is 102 Å². The highest BCUT2D eigenvalue weighted by Gasteiger charge is 2.42. The van der Waals surface area contributed by atoms with E-state index in [4.69, 9.17) is 9.47 Å². The second-order valence-corrected chi connectivity index (χ2v) is 12.3. The first kappa shape index (κ1) is 31.9. The predicted octanol–water partition coefficient (Wildman–Crippen LogP) is 7.86. The van der Waals surface area contributed by atoms with Gasteiger partial charge in [0.2, 0.25) is 0 Å². The van der Waals surface area contributed by atoms with Crippen molar-refractivity contribution < 1.29 is 41.7 Å². The second kappa shape index (κ2) is 11.8. The third-order valence-corrected chi connectivity index (χ3v) is 8.40. The summed E-state index contributed by atoms with van der Waals surface area (Å²) in [6, 6.07) is 6.57. The SMILES string of the molecule is COc1cnc(-c2ccc(C(=O)O)cc2F)nc1C1=C(CN2C(=O)O[C@H](c3cc(C)cc(C(F)(F)F)c3)[C@@H]2C)CC(C)(C)CC1. The van der Waals surface area contributed by atoms with Gasteiger partial charge >= 0.3 is 18.2 Å². The lowest BCUT2D eigenvalue weighted by atomic mass is 9.73. The van der Waals surface area contributed by atoms with E-state index < -0.39 is 41.8 Å². The molecule has 2 aliphatic rings. The summed E-state index contributed by atoms with van der Waals surface area (Å²) in [4.78, 5) is 34.9. The van der Waals surface area contributed by atoms with Gasteiger partial charge in [0, 0.05) is 6.54 Å². The number of amides is 1. The molecule has 1 amide bonds. The highest BCUT2D eigenvalue weighted by Crippen LogP contribution is 2.46. The van der Waals surface area contributed by atoms with Gasteiger partial charge in [-0.3, -0.25) is 4.90 Å². The second-order valence-electron chi connectivity index (χ2n) is 12.3. The fourth-order valence-corrected chi connectivity index (χ4v) is 6.05. The van der Waals surface area contributed by atoms with Crippen LogP contribution in [-0.2, 0) is 10.9 Å². The zero-order valence-corrected chi connectivity index (χ0v) is 25.5. The number of cyclic esters (lactones) is 1. The molecular formula is C33H33F4N3O5. The molecule has 0 spiro atoms. The number of rotatable bonds is 7. The summed E-state index contributed by atoms with van der Waals surface area (Å²) >= 11 is 0. The van der Waals surface area contributed by atoms with Gasteiger partial charge in [-0.1, -0.05) is 25.5 Å². The Labute approximate surface area is 257 Å². The number of ether oxygens (including phenoxy) is 2. The van der Waals surface area contributed by atoms with Gasteiger partial charge in [0.25, 0.3) is 0 Å². The number of benzene rings is 2. The maximum absolute atomic E-state index is 15.0. The summed E-state index contributed by atoms with van der Waals surface area (Å²) in [7, 11) is 1.46. The number of halogens is 4. The molecule has 1 fully saturated rings. The lowest BCUT2D eigenvalue weighted by Crippen LogP contribution is -2.35. The van der Waals surface area contributed by atoms with Crippen molar-refractivity contribution in [2.24, 2.45) is 5.41 Å². The molecule has 2 heterocycles. The van der Waals surface area contributed by atoms with Crippen LogP contribution in [0.2, 0.25) is 0 Å². The van der Waals surface area contributed by atoms with E-state index in [1.165, 1.54) is 30.3 Å². The lowest BCUT2D eigenvalue weighted by molar-refractivity contribution is -0.137. The van der Waals surface area contributed by atoms with Gasteiger partial charge in [-0.15, -0.1) is 0 Å². The maximum atomic E-state index is 15.0. The number of aromatic nitrogens is 2. The van der Waals surface area contributed by atoms with E-state index in [-0.39, 0.29) is 34.5 Å². The van der Waals surface area contributed by atoms with Crippen molar-refractivity contribution in [2.75, 3.05) is 13.7 Å². The van der Waals surface area contributed by atoms with Gasteiger partial charge in [-0.05, 0) is 85.6 Å². The number of carbonyl (C=O) groups is 2. The van der Waals surface area contributed by atoms with E-state index in [0.717, 1.165) is 35.8 Å². The Morgan fingerprint density at radius 3 is 2.58 bits per heavy atom. The van der Waals surface area contributed by atoms with Crippen molar-refractivity contribution in [3.63, 3.8) is 0 Å². The van der Waals surface area contributed by atoms with Crippen LogP contribution in [0.15, 0.2) is 48.2 Å². The lowest BCUT2D eigenvalue weighted by Gasteiger charge is -2.35. The fourth-order valence-electron chi connectivity index (χ4n) is 6.05. The average Bonchev–Trinajstić information content (AvgIpc) is 3.24. The largest absolute Gasteiger partial charge is 0.493 e. The van der Waals surface area contributed by atoms with Crippen LogP contribution in [0.1, 0.15) is 78.9 Å². The number of aromatic carboxylic acids is 1. The maximum Gasteiger partial charge on any atom is 0.416 e. The molecule has 0 unspecified atom stereocenters. The summed E-state index contributed by atoms with van der Waals surface area (Å²) in [6.07, 6.45) is -2.76. The Morgan fingerprint density at radius 2 is 1.93 bits per heavy atom. The molecule has 2 aromatic carbocycles.